The first-order chi connectivity index (χ1) is 22.5. The van der Waals surface area contributed by atoms with Crippen LogP contribution in [0.15, 0.2) is 114 Å². The third-order valence-electron chi connectivity index (χ3n) is 9.78. The Morgan fingerprint density at radius 2 is 1.34 bits per heavy atom. The van der Waals surface area contributed by atoms with Crippen molar-refractivity contribution in [3.05, 3.63) is 136 Å². The van der Waals surface area contributed by atoms with Gasteiger partial charge in [-0.05, 0) is 85.5 Å². The van der Waals surface area contributed by atoms with E-state index in [9.17, 15) is 19.2 Å². The molecule has 0 radical (unpaired) electrons. The summed E-state index contributed by atoms with van der Waals surface area (Å²) in [6.45, 7) is 6.28. The molecule has 0 N–H and O–H groups in total. The van der Waals surface area contributed by atoms with Gasteiger partial charge in [0.05, 0.1) is 11.8 Å². The maximum Gasteiger partial charge on any atom is 0.237 e. The number of nitrogens with zero attached hydrogens (tertiary/aromatic N) is 1. The summed E-state index contributed by atoms with van der Waals surface area (Å²) >= 11 is 0. The lowest BCUT2D eigenvalue weighted by Crippen LogP contribution is -2.25. The van der Waals surface area contributed by atoms with Crippen LogP contribution in [-0.2, 0) is 15.0 Å². The number of ketones is 2. The number of imide groups is 1. The zero-order chi connectivity index (χ0) is 33.0. The molecule has 0 bridgehead atoms. The Labute approximate surface area is 273 Å². The number of benzene rings is 3. The molecule has 2 amide bonds. The maximum atomic E-state index is 13.3. The van der Waals surface area contributed by atoms with Gasteiger partial charge < -0.3 is 9.47 Å². The van der Waals surface area contributed by atoms with E-state index in [0.29, 0.717) is 34.1 Å². The van der Waals surface area contributed by atoms with E-state index >= 15 is 0 Å². The minimum atomic E-state index is -0.730. The Morgan fingerprint density at radius 1 is 0.745 bits per heavy atom. The van der Waals surface area contributed by atoms with Gasteiger partial charge in [-0.25, -0.2) is 0 Å². The Balaban J connectivity index is 1.02. The van der Waals surface area contributed by atoms with Crippen LogP contribution in [-0.4, -0.2) is 35.3 Å². The number of carbonyl (C=O) groups is 4. The monoisotopic (exact) mass is 625 g/mol. The SMILES string of the molecule is CC1=CCCC(C2C(=O)c3ccc(Oc4ccc(C(C)(C)c5ccc(OC6=CC7C(=O)N(C)C(=O)C7C=C6)cc5)cc4)cc3C2=O)=C1. The number of likely N-dealkylation sites (tertiary alicyclic amines) is 1. The van der Waals surface area contributed by atoms with Crippen LogP contribution < -0.4 is 9.47 Å². The van der Waals surface area contributed by atoms with E-state index < -0.39 is 17.8 Å². The van der Waals surface area contributed by atoms with Crippen LogP contribution in [0.4, 0.5) is 0 Å². The molecule has 47 heavy (non-hydrogen) atoms. The summed E-state index contributed by atoms with van der Waals surface area (Å²) in [5, 5.41) is 0. The van der Waals surface area contributed by atoms with Crippen molar-refractivity contribution in [2.24, 2.45) is 17.8 Å². The van der Waals surface area contributed by atoms with Gasteiger partial charge in [0, 0.05) is 23.6 Å². The third-order valence-corrected chi connectivity index (χ3v) is 9.78. The largest absolute Gasteiger partial charge is 0.458 e. The maximum absolute atomic E-state index is 13.3. The molecular weight excluding hydrogens is 590 g/mol. The van der Waals surface area contributed by atoms with Crippen molar-refractivity contribution >= 4 is 23.4 Å². The molecule has 4 aliphatic rings. The van der Waals surface area contributed by atoms with E-state index in [1.54, 1.807) is 36.4 Å². The number of amides is 2. The second-order valence-electron chi connectivity index (χ2n) is 13.2. The van der Waals surface area contributed by atoms with Crippen molar-refractivity contribution < 1.29 is 28.7 Å². The average molecular weight is 626 g/mol. The fourth-order valence-electron chi connectivity index (χ4n) is 6.95. The first-order valence-electron chi connectivity index (χ1n) is 15.9. The minimum Gasteiger partial charge on any atom is -0.458 e. The van der Waals surface area contributed by atoms with Crippen LogP contribution in [0.5, 0.6) is 17.2 Å². The van der Waals surface area contributed by atoms with Crippen molar-refractivity contribution in [2.45, 2.75) is 39.0 Å². The number of hydrogen-bond donors (Lipinski definition) is 0. The molecule has 1 fully saturated rings. The molecule has 3 unspecified atom stereocenters. The van der Waals surface area contributed by atoms with E-state index in [2.05, 4.69) is 19.9 Å². The molecule has 0 spiro atoms. The summed E-state index contributed by atoms with van der Waals surface area (Å²) in [7, 11) is 1.51. The summed E-state index contributed by atoms with van der Waals surface area (Å²) in [5.74, 6) is -0.0844. The van der Waals surface area contributed by atoms with Gasteiger partial charge in [0.25, 0.3) is 0 Å². The van der Waals surface area contributed by atoms with Gasteiger partial charge in [0.1, 0.15) is 28.9 Å². The van der Waals surface area contributed by atoms with Gasteiger partial charge in [-0.2, -0.15) is 0 Å². The van der Waals surface area contributed by atoms with E-state index in [-0.39, 0.29) is 28.8 Å². The predicted molar refractivity (Wildman–Crippen MR) is 177 cm³/mol. The number of ether oxygens (including phenoxy) is 2. The van der Waals surface area contributed by atoms with Crippen molar-refractivity contribution in [1.82, 2.24) is 4.90 Å². The Bertz CT molecular complexity index is 1960. The second kappa shape index (κ2) is 11.5. The molecule has 3 aromatic rings. The van der Waals surface area contributed by atoms with Crippen molar-refractivity contribution in [3.63, 3.8) is 0 Å². The van der Waals surface area contributed by atoms with Crippen LogP contribution in [0.25, 0.3) is 0 Å². The number of Topliss-reactive ketones (excluding diaryl/α,β-unsaturated/α-hetero) is 2. The highest BCUT2D eigenvalue weighted by atomic mass is 16.5. The molecule has 0 saturated carbocycles. The fraction of sp³-hybridized carbons (Fsp3) is 0.250. The molecule has 7 heteroatoms. The van der Waals surface area contributed by atoms with Gasteiger partial charge in [0.2, 0.25) is 11.8 Å². The lowest BCUT2D eigenvalue weighted by Gasteiger charge is -2.26. The molecule has 0 aromatic heterocycles. The molecule has 7 nitrogen and oxygen atoms in total. The zero-order valence-corrected chi connectivity index (χ0v) is 26.8. The van der Waals surface area contributed by atoms with Gasteiger partial charge in [-0.1, -0.05) is 67.5 Å². The third kappa shape index (κ3) is 5.35. The zero-order valence-electron chi connectivity index (χ0n) is 26.8. The van der Waals surface area contributed by atoms with Gasteiger partial charge in [0.15, 0.2) is 11.6 Å². The van der Waals surface area contributed by atoms with Gasteiger partial charge in [-0.15, -0.1) is 0 Å². The number of hydrogen-bond acceptors (Lipinski definition) is 6. The van der Waals surface area contributed by atoms with E-state index in [4.69, 9.17) is 9.47 Å². The van der Waals surface area contributed by atoms with Crippen molar-refractivity contribution in [1.29, 1.82) is 0 Å². The molecule has 1 aliphatic heterocycles. The highest BCUT2D eigenvalue weighted by Gasteiger charge is 2.45. The van der Waals surface area contributed by atoms with Crippen LogP contribution in [0.3, 0.4) is 0 Å². The number of allylic oxidation sites excluding steroid dienone is 5. The molecule has 236 valence electrons. The van der Waals surface area contributed by atoms with Crippen molar-refractivity contribution in [2.75, 3.05) is 7.05 Å². The van der Waals surface area contributed by atoms with Crippen LogP contribution in [0, 0.1) is 17.8 Å². The molecule has 3 aromatic carbocycles. The molecule has 1 saturated heterocycles. The summed E-state index contributed by atoms with van der Waals surface area (Å²) in [4.78, 5) is 52.3. The van der Waals surface area contributed by atoms with Crippen LogP contribution in [0.2, 0.25) is 0 Å². The van der Waals surface area contributed by atoms with E-state index in [1.807, 2.05) is 61.5 Å². The number of rotatable bonds is 7. The smallest absolute Gasteiger partial charge is 0.237 e. The van der Waals surface area contributed by atoms with E-state index in [0.717, 1.165) is 35.1 Å². The topological polar surface area (TPSA) is 90.0 Å². The van der Waals surface area contributed by atoms with Gasteiger partial charge >= 0.3 is 0 Å². The highest BCUT2D eigenvalue weighted by Crippen LogP contribution is 2.39. The summed E-state index contributed by atoms with van der Waals surface area (Å²) in [6, 6.07) is 20.8. The Hall–Kier alpha value is -5.30. The predicted octanol–water partition coefficient (Wildman–Crippen LogP) is 7.53. The number of fused-ring (bicyclic) bond motifs is 2. The second-order valence-corrected chi connectivity index (χ2v) is 13.2. The fourth-order valence-corrected chi connectivity index (χ4v) is 6.95. The minimum absolute atomic E-state index is 0.129. The summed E-state index contributed by atoms with van der Waals surface area (Å²) < 4.78 is 12.2. The van der Waals surface area contributed by atoms with Crippen molar-refractivity contribution in [3.8, 4) is 17.2 Å². The lowest BCUT2D eigenvalue weighted by molar-refractivity contribution is -0.137. The molecule has 3 aliphatic carbocycles. The molecule has 7 rings (SSSR count). The first kappa shape index (κ1) is 30.4. The standard InChI is InChI=1S/C40H35NO6/c1-23-6-5-7-24(20-23)35-36(42)31-18-16-29(21-33(31)37(35)43)46-27-12-8-25(9-13-27)40(2,3)26-10-14-28(15-11-26)47-30-17-19-32-34(22-30)39(45)41(4)38(32)44/h6,8-22,32,34-35H,5,7H2,1-4H3. The average Bonchev–Trinajstić information content (AvgIpc) is 3.44. The number of carbonyl (C=O) groups excluding carboxylic acids is 4. The first-order valence-corrected chi connectivity index (χ1v) is 15.9. The Kier molecular flexibility index (Phi) is 7.43. The molecule has 1 heterocycles. The lowest BCUT2D eigenvalue weighted by atomic mass is 9.78. The summed E-state index contributed by atoms with van der Waals surface area (Å²) in [6.07, 6.45) is 10.9. The molecule has 3 atom stereocenters. The summed E-state index contributed by atoms with van der Waals surface area (Å²) in [5.41, 5.74) is 4.70. The quantitative estimate of drug-likeness (QED) is 0.199. The van der Waals surface area contributed by atoms with Crippen LogP contribution in [0.1, 0.15) is 65.5 Å². The van der Waals surface area contributed by atoms with Crippen LogP contribution >= 0.6 is 0 Å². The molecular formula is C40H35NO6. The Morgan fingerprint density at radius 3 is 2.00 bits per heavy atom. The van der Waals surface area contributed by atoms with E-state index in [1.165, 1.54) is 11.9 Å². The van der Waals surface area contributed by atoms with Gasteiger partial charge in [-0.3, -0.25) is 24.1 Å². The highest BCUT2D eigenvalue weighted by molar-refractivity contribution is 6.28. The normalized spacial score (nSPS) is 22.1.